The summed E-state index contributed by atoms with van der Waals surface area (Å²) in [7, 11) is 3.09. The fourth-order valence-electron chi connectivity index (χ4n) is 0.751. The van der Waals surface area contributed by atoms with Crippen LogP contribution in [-0.2, 0) is 15.5 Å². The van der Waals surface area contributed by atoms with Crippen molar-refractivity contribution in [3.8, 4) is 0 Å². The van der Waals surface area contributed by atoms with Gasteiger partial charge in [0.2, 0.25) is 0 Å². The first-order valence-corrected chi connectivity index (χ1v) is 5.59. The summed E-state index contributed by atoms with van der Waals surface area (Å²) in [6, 6.07) is 0. The fourth-order valence-corrected chi connectivity index (χ4v) is 2.45. The van der Waals surface area contributed by atoms with Gasteiger partial charge in [-0.05, 0) is 6.92 Å². The van der Waals surface area contributed by atoms with E-state index in [4.69, 9.17) is 0 Å². The molecule has 0 saturated carbocycles. The Hall–Kier alpha value is -0.350. The van der Waals surface area contributed by atoms with Crippen molar-refractivity contribution in [1.29, 1.82) is 0 Å². The first-order chi connectivity index (χ1) is 7.30. The maximum Gasteiger partial charge on any atom is 0.435 e. The minimum Gasteiger partial charge on any atom is -0.236 e. The van der Waals surface area contributed by atoms with Gasteiger partial charge in [-0.15, -0.1) is 20.7 Å². The predicted octanol–water partition coefficient (Wildman–Crippen LogP) is 2.90. The van der Waals surface area contributed by atoms with E-state index in [-0.39, 0.29) is 4.21 Å². The van der Waals surface area contributed by atoms with Crippen molar-refractivity contribution in [2.45, 2.75) is 17.3 Å². The molecule has 0 radical (unpaired) electrons. The van der Waals surface area contributed by atoms with E-state index >= 15 is 0 Å². The monoisotopic (exact) mass is 274 g/mol. The van der Waals surface area contributed by atoms with E-state index in [0.29, 0.717) is 17.1 Å². The number of aryl methyl sites for hydroxylation is 1. The van der Waals surface area contributed by atoms with Crippen molar-refractivity contribution in [2.75, 3.05) is 14.1 Å². The number of halogens is 3. The summed E-state index contributed by atoms with van der Waals surface area (Å²) in [6.45, 7) is 1.50. The van der Waals surface area contributed by atoms with Gasteiger partial charge in [0.1, 0.15) is 4.21 Å². The molecule has 0 N–H and O–H groups in total. The predicted molar refractivity (Wildman–Crippen MR) is 53.6 cm³/mol. The Morgan fingerprint density at radius 2 is 2.00 bits per heavy atom. The molecule has 0 amide bonds. The summed E-state index contributed by atoms with van der Waals surface area (Å²) in [4.78, 5) is 7.93. The van der Waals surface area contributed by atoms with Gasteiger partial charge < -0.3 is 0 Å². The molecule has 0 spiro atoms. The summed E-state index contributed by atoms with van der Waals surface area (Å²) in [5.41, 5.74) is -0.942. The van der Waals surface area contributed by atoms with Crippen molar-refractivity contribution in [2.24, 2.45) is 0 Å². The SMILES string of the molecule is Cc1nc(C(F)(F)F)c(SOON(C)C)s1. The molecule has 0 bridgehead atoms. The topological polar surface area (TPSA) is 34.6 Å². The van der Waals surface area contributed by atoms with Crippen LogP contribution in [0.5, 0.6) is 0 Å². The van der Waals surface area contributed by atoms with Crippen molar-refractivity contribution in [3.05, 3.63) is 10.7 Å². The molecule has 4 nitrogen and oxygen atoms in total. The highest BCUT2D eigenvalue weighted by atomic mass is 32.2. The average molecular weight is 274 g/mol. The minimum absolute atomic E-state index is 0.0770. The van der Waals surface area contributed by atoms with Crippen molar-refractivity contribution < 1.29 is 22.5 Å². The third-order valence-electron chi connectivity index (χ3n) is 1.26. The van der Waals surface area contributed by atoms with Crippen LogP contribution in [0.3, 0.4) is 0 Å². The lowest BCUT2D eigenvalue weighted by Gasteiger charge is -2.07. The van der Waals surface area contributed by atoms with Crippen LogP contribution in [0.4, 0.5) is 13.2 Å². The number of rotatable bonds is 4. The molecule has 1 heterocycles. The van der Waals surface area contributed by atoms with Gasteiger partial charge in [-0.1, -0.05) is 0 Å². The van der Waals surface area contributed by atoms with E-state index in [2.05, 4.69) is 14.3 Å². The molecule has 0 aliphatic heterocycles. The Labute approximate surface area is 98.5 Å². The first kappa shape index (κ1) is 13.7. The highest BCUT2D eigenvalue weighted by molar-refractivity contribution is 7.96. The van der Waals surface area contributed by atoms with Gasteiger partial charge in [0.05, 0.1) is 17.1 Å². The van der Waals surface area contributed by atoms with Crippen LogP contribution in [-0.4, -0.2) is 24.1 Å². The molecule has 0 unspecified atom stereocenters. The van der Waals surface area contributed by atoms with E-state index in [0.717, 1.165) is 11.3 Å². The second kappa shape index (κ2) is 5.32. The zero-order valence-corrected chi connectivity index (χ0v) is 10.3. The molecule has 9 heteroatoms. The van der Waals surface area contributed by atoms with Gasteiger partial charge in [0.25, 0.3) is 0 Å². The number of hydrogen-bond donors (Lipinski definition) is 0. The van der Waals surface area contributed by atoms with Crippen LogP contribution >= 0.6 is 23.4 Å². The normalized spacial score (nSPS) is 12.4. The van der Waals surface area contributed by atoms with Crippen LogP contribution in [0.25, 0.3) is 0 Å². The molecule has 0 saturated heterocycles. The summed E-state index contributed by atoms with van der Waals surface area (Å²) in [5.74, 6) is 0. The van der Waals surface area contributed by atoms with Crippen LogP contribution in [0.2, 0.25) is 0 Å². The highest BCUT2D eigenvalue weighted by Crippen LogP contribution is 2.39. The molecule has 92 valence electrons. The third kappa shape index (κ3) is 3.91. The van der Waals surface area contributed by atoms with Gasteiger partial charge >= 0.3 is 6.18 Å². The van der Waals surface area contributed by atoms with Gasteiger partial charge in [-0.2, -0.15) is 18.2 Å². The zero-order chi connectivity index (χ0) is 12.3. The lowest BCUT2D eigenvalue weighted by atomic mass is 10.5. The lowest BCUT2D eigenvalue weighted by molar-refractivity contribution is -0.340. The van der Waals surface area contributed by atoms with Crippen LogP contribution in [0, 0.1) is 6.92 Å². The van der Waals surface area contributed by atoms with E-state index in [9.17, 15) is 13.2 Å². The Balaban J connectivity index is 2.72. The molecule has 1 aromatic heterocycles. The van der Waals surface area contributed by atoms with E-state index in [1.165, 1.54) is 12.0 Å². The molecule has 16 heavy (non-hydrogen) atoms. The standard InChI is InChI=1S/C7H9F3N2O2S2/c1-4-11-5(7(8,9)10)6(15-4)16-14-13-12(2)3/h1-3H3. The molecule has 0 atom stereocenters. The van der Waals surface area contributed by atoms with Crippen LogP contribution in [0.1, 0.15) is 10.7 Å². The maximum absolute atomic E-state index is 12.5. The number of thiazole rings is 1. The number of nitrogens with zero attached hydrogens (tertiary/aromatic N) is 2. The Kier molecular flexibility index (Phi) is 4.56. The van der Waals surface area contributed by atoms with E-state index in [1.54, 1.807) is 14.1 Å². The van der Waals surface area contributed by atoms with Crippen LogP contribution in [0.15, 0.2) is 4.21 Å². The molecule has 1 rings (SSSR count). The molecule has 1 aromatic rings. The van der Waals surface area contributed by atoms with Gasteiger partial charge in [0, 0.05) is 14.1 Å². The molecular formula is C7H9F3N2O2S2. The van der Waals surface area contributed by atoms with Gasteiger partial charge in [-0.3, -0.25) is 0 Å². The maximum atomic E-state index is 12.5. The number of aromatic nitrogens is 1. The summed E-state index contributed by atoms with van der Waals surface area (Å²) in [5, 5.41) is 1.54. The van der Waals surface area contributed by atoms with E-state index in [1.807, 2.05) is 0 Å². The summed E-state index contributed by atoms with van der Waals surface area (Å²) < 4.78 is 41.9. The second-order valence-electron chi connectivity index (χ2n) is 2.90. The molecule has 0 aliphatic rings. The zero-order valence-electron chi connectivity index (χ0n) is 8.66. The van der Waals surface area contributed by atoms with Gasteiger partial charge in [-0.25, -0.2) is 4.98 Å². The molecule has 0 fully saturated rings. The van der Waals surface area contributed by atoms with Gasteiger partial charge in [0.15, 0.2) is 5.69 Å². The fraction of sp³-hybridized carbons (Fsp3) is 0.571. The molecule has 0 aromatic carbocycles. The Bertz CT molecular complexity index is 354. The minimum atomic E-state index is -4.48. The second-order valence-corrected chi connectivity index (χ2v) is 5.08. The number of hydroxylamine groups is 2. The molecule has 0 aliphatic carbocycles. The number of hydrogen-bond acceptors (Lipinski definition) is 6. The Morgan fingerprint density at radius 3 is 2.50 bits per heavy atom. The van der Waals surface area contributed by atoms with Crippen LogP contribution < -0.4 is 0 Å². The Morgan fingerprint density at radius 1 is 1.38 bits per heavy atom. The first-order valence-electron chi connectivity index (χ1n) is 4.04. The number of alkyl halides is 3. The van der Waals surface area contributed by atoms with E-state index < -0.39 is 11.9 Å². The largest absolute Gasteiger partial charge is 0.435 e. The average Bonchev–Trinajstić information content (AvgIpc) is 2.45. The summed E-state index contributed by atoms with van der Waals surface area (Å²) >= 11 is 1.40. The third-order valence-corrected chi connectivity index (χ3v) is 2.95. The smallest absolute Gasteiger partial charge is 0.236 e. The highest BCUT2D eigenvalue weighted by Gasteiger charge is 2.37. The van der Waals surface area contributed by atoms with Crippen molar-refractivity contribution >= 4 is 23.4 Å². The summed E-state index contributed by atoms with van der Waals surface area (Å²) in [6.07, 6.45) is -4.48. The lowest BCUT2D eigenvalue weighted by Crippen LogP contribution is -2.11. The molecular weight excluding hydrogens is 265 g/mol. The quantitative estimate of drug-likeness (QED) is 0.479. The van der Waals surface area contributed by atoms with Crippen molar-refractivity contribution in [3.63, 3.8) is 0 Å². The van der Waals surface area contributed by atoms with Crippen molar-refractivity contribution in [1.82, 2.24) is 10.0 Å².